The summed E-state index contributed by atoms with van der Waals surface area (Å²) in [6.07, 6.45) is 0.837. The van der Waals surface area contributed by atoms with Crippen molar-refractivity contribution in [1.82, 2.24) is 9.97 Å². The van der Waals surface area contributed by atoms with Gasteiger partial charge in [-0.25, -0.2) is 4.98 Å². The summed E-state index contributed by atoms with van der Waals surface area (Å²) in [6.45, 7) is 2.11. The Labute approximate surface area is 106 Å². The summed E-state index contributed by atoms with van der Waals surface area (Å²) in [5.41, 5.74) is 0.882. The maximum Gasteiger partial charge on any atom is 0.224 e. The third-order valence-electron chi connectivity index (χ3n) is 2.88. The van der Waals surface area contributed by atoms with Gasteiger partial charge in [-0.2, -0.15) is 4.98 Å². The molecular formula is C13H18N4O. The normalized spacial score (nSPS) is 12.4. The number of hydrogen-bond donors (Lipinski definition) is 3. The van der Waals surface area contributed by atoms with Crippen molar-refractivity contribution in [3.8, 4) is 0 Å². The fraction of sp³-hybridized carbons (Fsp3) is 0.385. The molecular weight excluding hydrogens is 228 g/mol. The monoisotopic (exact) mass is 246 g/mol. The quantitative estimate of drug-likeness (QED) is 0.751. The Morgan fingerprint density at radius 2 is 2.06 bits per heavy atom. The Kier molecular flexibility index (Phi) is 3.94. The van der Waals surface area contributed by atoms with Crippen molar-refractivity contribution in [2.45, 2.75) is 19.4 Å². The number of anilines is 2. The first-order valence-corrected chi connectivity index (χ1v) is 6.10. The van der Waals surface area contributed by atoms with E-state index in [-0.39, 0.29) is 12.6 Å². The predicted molar refractivity (Wildman–Crippen MR) is 73.9 cm³/mol. The van der Waals surface area contributed by atoms with Crippen LogP contribution in [0.25, 0.3) is 10.9 Å². The second kappa shape index (κ2) is 5.64. The van der Waals surface area contributed by atoms with E-state index in [2.05, 4.69) is 20.6 Å². The Morgan fingerprint density at radius 1 is 1.28 bits per heavy atom. The van der Waals surface area contributed by atoms with Crippen LogP contribution in [0.5, 0.6) is 0 Å². The molecule has 96 valence electrons. The van der Waals surface area contributed by atoms with Crippen molar-refractivity contribution in [3.63, 3.8) is 0 Å². The molecule has 1 unspecified atom stereocenters. The summed E-state index contributed by atoms with van der Waals surface area (Å²) in [6, 6.07) is 7.83. The van der Waals surface area contributed by atoms with Gasteiger partial charge >= 0.3 is 0 Å². The smallest absolute Gasteiger partial charge is 0.224 e. The largest absolute Gasteiger partial charge is 0.394 e. The number of para-hydroxylation sites is 1. The van der Waals surface area contributed by atoms with Gasteiger partial charge in [0.1, 0.15) is 5.82 Å². The van der Waals surface area contributed by atoms with Crippen LogP contribution in [0.15, 0.2) is 24.3 Å². The Balaban J connectivity index is 2.46. The molecule has 18 heavy (non-hydrogen) atoms. The van der Waals surface area contributed by atoms with Crippen molar-refractivity contribution in [2.75, 3.05) is 24.3 Å². The SMILES string of the molecule is CCC(CO)Nc1nc(NC)nc2ccccc12. The van der Waals surface area contributed by atoms with Crippen molar-refractivity contribution in [3.05, 3.63) is 24.3 Å². The lowest BCUT2D eigenvalue weighted by Gasteiger charge is -2.16. The molecule has 5 nitrogen and oxygen atoms in total. The standard InChI is InChI=1S/C13H18N4O/c1-3-9(8-18)15-12-10-6-4-5-7-11(10)16-13(14-2)17-12/h4-7,9,18H,3,8H2,1-2H3,(H2,14,15,16,17). The van der Waals surface area contributed by atoms with E-state index >= 15 is 0 Å². The van der Waals surface area contributed by atoms with Gasteiger partial charge in [-0.05, 0) is 18.6 Å². The number of benzene rings is 1. The summed E-state index contributed by atoms with van der Waals surface area (Å²) >= 11 is 0. The van der Waals surface area contributed by atoms with Crippen LogP contribution in [-0.2, 0) is 0 Å². The highest BCUT2D eigenvalue weighted by Gasteiger charge is 2.10. The molecule has 2 rings (SSSR count). The van der Waals surface area contributed by atoms with Crippen molar-refractivity contribution in [2.24, 2.45) is 0 Å². The molecule has 1 atom stereocenters. The molecule has 0 fully saturated rings. The lowest BCUT2D eigenvalue weighted by atomic mass is 10.2. The first-order valence-electron chi connectivity index (χ1n) is 6.10. The number of nitrogens with one attached hydrogen (secondary N) is 2. The van der Waals surface area contributed by atoms with Crippen LogP contribution in [0.2, 0.25) is 0 Å². The van der Waals surface area contributed by atoms with Gasteiger partial charge in [0, 0.05) is 12.4 Å². The highest BCUT2D eigenvalue weighted by molar-refractivity contribution is 5.90. The van der Waals surface area contributed by atoms with Crippen LogP contribution in [0.4, 0.5) is 11.8 Å². The number of aromatic nitrogens is 2. The third-order valence-corrected chi connectivity index (χ3v) is 2.88. The molecule has 0 aliphatic carbocycles. The molecule has 0 saturated heterocycles. The van der Waals surface area contributed by atoms with Crippen LogP contribution in [0.1, 0.15) is 13.3 Å². The molecule has 1 aromatic carbocycles. The average Bonchev–Trinajstić information content (AvgIpc) is 2.44. The summed E-state index contributed by atoms with van der Waals surface area (Å²) in [5, 5.41) is 16.4. The van der Waals surface area contributed by atoms with Crippen LogP contribution >= 0.6 is 0 Å². The van der Waals surface area contributed by atoms with E-state index < -0.39 is 0 Å². The molecule has 5 heteroatoms. The van der Waals surface area contributed by atoms with E-state index in [9.17, 15) is 5.11 Å². The molecule has 0 spiro atoms. The summed E-state index contributed by atoms with van der Waals surface area (Å²) < 4.78 is 0. The number of aliphatic hydroxyl groups is 1. The minimum Gasteiger partial charge on any atom is -0.394 e. The second-order valence-corrected chi connectivity index (χ2v) is 4.10. The van der Waals surface area contributed by atoms with Crippen molar-refractivity contribution >= 4 is 22.7 Å². The number of nitrogens with zero attached hydrogens (tertiary/aromatic N) is 2. The number of aliphatic hydroxyl groups excluding tert-OH is 1. The second-order valence-electron chi connectivity index (χ2n) is 4.10. The van der Waals surface area contributed by atoms with Crippen LogP contribution in [0, 0.1) is 0 Å². The average molecular weight is 246 g/mol. The van der Waals surface area contributed by atoms with E-state index in [0.717, 1.165) is 23.1 Å². The highest BCUT2D eigenvalue weighted by Crippen LogP contribution is 2.22. The van der Waals surface area contributed by atoms with Gasteiger partial charge in [0.05, 0.1) is 18.2 Å². The number of rotatable bonds is 5. The first-order chi connectivity index (χ1) is 8.78. The minimum atomic E-state index is 0.00742. The fourth-order valence-corrected chi connectivity index (χ4v) is 1.77. The topological polar surface area (TPSA) is 70.1 Å². The molecule has 0 aliphatic rings. The third kappa shape index (κ3) is 2.51. The number of fused-ring (bicyclic) bond motifs is 1. The lowest BCUT2D eigenvalue weighted by Crippen LogP contribution is -2.23. The van der Waals surface area contributed by atoms with Gasteiger partial charge in [-0.15, -0.1) is 0 Å². The molecule has 1 heterocycles. The summed E-state index contributed by atoms with van der Waals surface area (Å²) in [5.74, 6) is 1.33. The zero-order chi connectivity index (χ0) is 13.0. The maximum absolute atomic E-state index is 9.26. The van der Waals surface area contributed by atoms with E-state index in [0.29, 0.717) is 5.95 Å². The molecule has 0 saturated carbocycles. The van der Waals surface area contributed by atoms with E-state index in [1.807, 2.05) is 31.2 Å². The minimum absolute atomic E-state index is 0.00742. The first kappa shape index (κ1) is 12.6. The molecule has 0 aliphatic heterocycles. The Hall–Kier alpha value is -1.88. The zero-order valence-corrected chi connectivity index (χ0v) is 10.6. The van der Waals surface area contributed by atoms with Crippen molar-refractivity contribution in [1.29, 1.82) is 0 Å². The van der Waals surface area contributed by atoms with E-state index in [4.69, 9.17) is 0 Å². The molecule has 3 N–H and O–H groups in total. The van der Waals surface area contributed by atoms with Gasteiger partial charge in [0.15, 0.2) is 0 Å². The Morgan fingerprint density at radius 3 is 2.72 bits per heavy atom. The van der Waals surface area contributed by atoms with Gasteiger partial charge in [0.2, 0.25) is 5.95 Å². The van der Waals surface area contributed by atoms with Crippen LogP contribution < -0.4 is 10.6 Å². The fourth-order valence-electron chi connectivity index (χ4n) is 1.77. The maximum atomic E-state index is 9.26. The Bertz CT molecular complexity index is 525. The number of hydrogen-bond acceptors (Lipinski definition) is 5. The summed E-state index contributed by atoms with van der Waals surface area (Å²) in [4.78, 5) is 8.80. The predicted octanol–water partition coefficient (Wildman–Crippen LogP) is 1.85. The van der Waals surface area contributed by atoms with E-state index in [1.165, 1.54) is 0 Å². The zero-order valence-electron chi connectivity index (χ0n) is 10.6. The van der Waals surface area contributed by atoms with Crippen LogP contribution in [0.3, 0.4) is 0 Å². The van der Waals surface area contributed by atoms with Gasteiger partial charge < -0.3 is 15.7 Å². The highest BCUT2D eigenvalue weighted by atomic mass is 16.3. The van der Waals surface area contributed by atoms with Crippen molar-refractivity contribution < 1.29 is 5.11 Å². The lowest BCUT2D eigenvalue weighted by molar-refractivity contribution is 0.271. The van der Waals surface area contributed by atoms with Gasteiger partial charge in [0.25, 0.3) is 0 Å². The molecule has 0 bridgehead atoms. The molecule has 0 radical (unpaired) electrons. The summed E-state index contributed by atoms with van der Waals surface area (Å²) in [7, 11) is 1.79. The van der Waals surface area contributed by atoms with Gasteiger partial charge in [-0.1, -0.05) is 19.1 Å². The van der Waals surface area contributed by atoms with E-state index in [1.54, 1.807) is 7.05 Å². The van der Waals surface area contributed by atoms with Crippen LogP contribution in [-0.4, -0.2) is 34.8 Å². The molecule has 2 aromatic rings. The van der Waals surface area contributed by atoms with Gasteiger partial charge in [-0.3, -0.25) is 0 Å². The molecule has 0 amide bonds. The molecule has 1 aromatic heterocycles.